The number of hydrogen-bond acceptors (Lipinski definition) is 0. The number of hydrogen-bond donors (Lipinski definition) is 0. The predicted molar refractivity (Wildman–Crippen MR) is 316 cm³/mol. The van der Waals surface area contributed by atoms with Crippen molar-refractivity contribution in [1.29, 1.82) is 0 Å². The van der Waals surface area contributed by atoms with Gasteiger partial charge in [-0.25, -0.2) is 0 Å². The molecule has 0 radical (unpaired) electrons. The van der Waals surface area contributed by atoms with Crippen LogP contribution in [0.4, 0.5) is 22.7 Å². The number of rotatable bonds is 8. The SMILES string of the molecule is c1ccc(-c2ccc(-n3c4ccccc4c4cc(-c5ccc6c(c5)c5ccccc5n6-c5cccc(-c6ccc(-c7cccc([N+]8(c9ccccc9)c9ccccc9-c9ccccc98)c7)cc6)c5)ccc43)cc2)cc1. The van der Waals surface area contributed by atoms with Gasteiger partial charge in [0.25, 0.3) is 0 Å². The summed E-state index contributed by atoms with van der Waals surface area (Å²) in [5.41, 5.74) is 24.1. The molecule has 14 aromatic rings. The molecule has 0 unspecified atom stereocenters. The van der Waals surface area contributed by atoms with Gasteiger partial charge in [0.2, 0.25) is 0 Å². The summed E-state index contributed by atoms with van der Waals surface area (Å²) < 4.78 is 5.36. The number of quaternary nitrogens is 1. The molecule has 0 saturated heterocycles. The van der Waals surface area contributed by atoms with Crippen LogP contribution in [0.3, 0.4) is 0 Å². The second kappa shape index (κ2) is 17.2. The van der Waals surface area contributed by atoms with Crippen LogP contribution in [0.2, 0.25) is 0 Å². The summed E-state index contributed by atoms with van der Waals surface area (Å²) >= 11 is 0. The molecule has 0 aliphatic carbocycles. The molecule has 12 aromatic carbocycles. The molecule has 3 heterocycles. The second-order valence-corrected chi connectivity index (χ2v) is 19.8. The van der Waals surface area contributed by atoms with E-state index in [4.69, 9.17) is 0 Å². The normalized spacial score (nSPS) is 12.6. The summed E-state index contributed by atoms with van der Waals surface area (Å²) in [6, 6.07) is 107. The van der Waals surface area contributed by atoms with Gasteiger partial charge in [0.05, 0.1) is 33.2 Å². The maximum absolute atomic E-state index is 2.43. The largest absolute Gasteiger partial charge is 0.309 e. The summed E-state index contributed by atoms with van der Waals surface area (Å²) in [5.74, 6) is 0. The van der Waals surface area contributed by atoms with E-state index in [1.807, 2.05) is 0 Å². The highest BCUT2D eigenvalue weighted by atomic mass is 15.4. The van der Waals surface area contributed by atoms with Crippen LogP contribution in [0.15, 0.2) is 291 Å². The van der Waals surface area contributed by atoms with Crippen LogP contribution in [-0.2, 0) is 0 Å². The zero-order chi connectivity index (χ0) is 49.5. The molecule has 0 bridgehead atoms. The fourth-order valence-electron chi connectivity index (χ4n) is 12.3. The first-order valence-electron chi connectivity index (χ1n) is 25.9. The molecule has 0 amide bonds. The maximum atomic E-state index is 2.43. The molecule has 0 fully saturated rings. The number of para-hydroxylation sites is 5. The Labute approximate surface area is 435 Å². The molecule has 0 spiro atoms. The van der Waals surface area contributed by atoms with Gasteiger partial charge in [0.15, 0.2) is 11.4 Å². The van der Waals surface area contributed by atoms with Gasteiger partial charge in [-0.3, -0.25) is 0 Å². The van der Waals surface area contributed by atoms with Crippen molar-refractivity contribution in [3.8, 4) is 67.0 Å². The molecule has 1 aliphatic rings. The average molecular weight is 955 g/mol. The summed E-state index contributed by atoms with van der Waals surface area (Å²) in [6.07, 6.45) is 0. The lowest BCUT2D eigenvalue weighted by molar-refractivity contribution is 0.721. The minimum atomic E-state index is 0.532. The van der Waals surface area contributed by atoms with Gasteiger partial charge in [0, 0.05) is 69.3 Å². The summed E-state index contributed by atoms with van der Waals surface area (Å²) in [4.78, 5) is 0. The molecule has 0 N–H and O–H groups in total. The molecular formula is C72H48N3+. The lowest BCUT2D eigenvalue weighted by Gasteiger charge is -2.34. The highest BCUT2D eigenvalue weighted by molar-refractivity contribution is 6.13. The van der Waals surface area contributed by atoms with Gasteiger partial charge in [-0.2, -0.15) is 4.48 Å². The van der Waals surface area contributed by atoms with E-state index in [2.05, 4.69) is 300 Å². The zero-order valence-electron chi connectivity index (χ0n) is 41.1. The molecule has 0 saturated carbocycles. The monoisotopic (exact) mass is 954 g/mol. The maximum Gasteiger partial charge on any atom is 0.156 e. The Kier molecular flexibility index (Phi) is 9.81. The first-order chi connectivity index (χ1) is 37.2. The number of aromatic nitrogens is 2. The van der Waals surface area contributed by atoms with Gasteiger partial charge >= 0.3 is 0 Å². The van der Waals surface area contributed by atoms with Crippen LogP contribution < -0.4 is 4.48 Å². The Morgan fingerprint density at radius 1 is 0.213 bits per heavy atom. The van der Waals surface area contributed by atoms with Crippen LogP contribution in [0, 0.1) is 0 Å². The van der Waals surface area contributed by atoms with Gasteiger partial charge < -0.3 is 9.13 Å². The number of fused-ring (bicyclic) bond motifs is 9. The standard InChI is InChI=1S/C72H48N3/c1-3-17-49(18-4-1)50-37-41-57(42-38-50)73-67-29-11-7-25-61(67)65-47-55(39-43-69(65)73)56-40-44-70-66(48-56)62-26-8-12-30-68(62)74(70)58-21-15-19-53(45-58)51-33-35-52(36-34-51)54-20-16-24-60(46-54)75(59-22-5-2-6-23-59)71-31-13-9-27-63(71)64-28-10-14-32-72(64)75/h1-48H/q+1. The van der Waals surface area contributed by atoms with E-state index in [1.54, 1.807) is 0 Å². The average Bonchev–Trinajstić information content (AvgIpc) is 4.16. The Balaban J connectivity index is 0.770. The van der Waals surface area contributed by atoms with E-state index >= 15 is 0 Å². The van der Waals surface area contributed by atoms with E-state index in [-0.39, 0.29) is 0 Å². The minimum absolute atomic E-state index is 0.532. The summed E-state index contributed by atoms with van der Waals surface area (Å²) in [7, 11) is 0. The number of benzene rings is 12. The Morgan fingerprint density at radius 3 is 1.20 bits per heavy atom. The molecule has 75 heavy (non-hydrogen) atoms. The summed E-state index contributed by atoms with van der Waals surface area (Å²) in [5, 5.41) is 4.96. The van der Waals surface area contributed by atoms with E-state index < -0.39 is 0 Å². The third-order valence-electron chi connectivity index (χ3n) is 15.8. The Hall–Kier alpha value is -9.80. The molecule has 350 valence electrons. The van der Waals surface area contributed by atoms with Gasteiger partial charge in [-0.05, 0) is 117 Å². The van der Waals surface area contributed by atoms with Crippen molar-refractivity contribution in [2.45, 2.75) is 0 Å². The van der Waals surface area contributed by atoms with Crippen LogP contribution in [0.25, 0.3) is 111 Å². The van der Waals surface area contributed by atoms with Crippen molar-refractivity contribution in [3.63, 3.8) is 0 Å². The highest BCUT2D eigenvalue weighted by Crippen LogP contribution is 2.62. The van der Waals surface area contributed by atoms with E-state index in [9.17, 15) is 0 Å². The van der Waals surface area contributed by atoms with E-state index in [0.717, 1.165) is 11.4 Å². The molecule has 0 atom stereocenters. The molecule has 3 nitrogen and oxygen atoms in total. The first kappa shape index (κ1) is 42.8. The molecule has 3 heteroatoms. The van der Waals surface area contributed by atoms with Crippen LogP contribution in [-0.4, -0.2) is 9.13 Å². The fraction of sp³-hybridized carbons (Fsp3) is 0. The van der Waals surface area contributed by atoms with Crippen molar-refractivity contribution in [2.24, 2.45) is 0 Å². The van der Waals surface area contributed by atoms with Gasteiger partial charge in [-0.15, -0.1) is 0 Å². The van der Waals surface area contributed by atoms with Crippen molar-refractivity contribution in [1.82, 2.24) is 13.6 Å². The molecule has 15 rings (SSSR count). The van der Waals surface area contributed by atoms with Crippen molar-refractivity contribution < 1.29 is 0 Å². The van der Waals surface area contributed by atoms with Crippen molar-refractivity contribution in [3.05, 3.63) is 291 Å². The quantitative estimate of drug-likeness (QED) is 0.134. The minimum Gasteiger partial charge on any atom is -0.309 e. The second-order valence-electron chi connectivity index (χ2n) is 19.8. The van der Waals surface area contributed by atoms with Gasteiger partial charge in [0.1, 0.15) is 11.4 Å². The third-order valence-corrected chi connectivity index (χ3v) is 15.8. The van der Waals surface area contributed by atoms with Gasteiger partial charge in [-0.1, -0.05) is 182 Å². The van der Waals surface area contributed by atoms with Crippen LogP contribution >= 0.6 is 0 Å². The van der Waals surface area contributed by atoms with Crippen LogP contribution in [0.5, 0.6) is 0 Å². The Bertz CT molecular complexity index is 4460. The summed E-state index contributed by atoms with van der Waals surface area (Å²) in [6.45, 7) is 0. The Morgan fingerprint density at radius 2 is 0.600 bits per heavy atom. The van der Waals surface area contributed by atoms with Crippen molar-refractivity contribution in [2.75, 3.05) is 0 Å². The van der Waals surface area contributed by atoms with Crippen molar-refractivity contribution >= 4 is 66.4 Å². The molecule has 1 aliphatic heterocycles. The highest BCUT2D eigenvalue weighted by Gasteiger charge is 2.47. The lowest BCUT2D eigenvalue weighted by atomic mass is 9.98. The lowest BCUT2D eigenvalue weighted by Crippen LogP contribution is -2.31. The smallest absolute Gasteiger partial charge is 0.156 e. The van der Waals surface area contributed by atoms with E-state index in [0.29, 0.717) is 4.48 Å². The number of nitrogens with zero attached hydrogens (tertiary/aromatic N) is 3. The zero-order valence-corrected chi connectivity index (χ0v) is 41.1. The van der Waals surface area contributed by atoms with E-state index in [1.165, 1.54) is 122 Å². The third kappa shape index (κ3) is 6.72. The topological polar surface area (TPSA) is 9.86 Å². The molecule has 2 aromatic heterocycles. The fourth-order valence-corrected chi connectivity index (χ4v) is 12.3. The van der Waals surface area contributed by atoms with Crippen LogP contribution in [0.1, 0.15) is 0 Å². The predicted octanol–water partition coefficient (Wildman–Crippen LogP) is 19.8. The molecular weight excluding hydrogens is 907 g/mol. The first-order valence-corrected chi connectivity index (χ1v) is 25.9.